The summed E-state index contributed by atoms with van der Waals surface area (Å²) in [6.07, 6.45) is 0.705. The van der Waals surface area contributed by atoms with Crippen LogP contribution >= 0.6 is 35.0 Å². The molecule has 0 saturated carbocycles. The number of thioether (sulfide) groups is 1. The number of hydrogen-bond acceptors (Lipinski definition) is 3. The molecular weight excluding hydrogens is 337 g/mol. The van der Waals surface area contributed by atoms with Crippen LogP contribution in [0.1, 0.15) is 17.0 Å². The molecule has 2 aromatic carbocycles. The van der Waals surface area contributed by atoms with Gasteiger partial charge in [-0.1, -0.05) is 65.3 Å². The third-order valence-electron chi connectivity index (χ3n) is 3.11. The van der Waals surface area contributed by atoms with E-state index in [4.69, 9.17) is 23.2 Å². The molecule has 0 amide bonds. The lowest BCUT2D eigenvalue weighted by Crippen LogP contribution is -1.90. The summed E-state index contributed by atoms with van der Waals surface area (Å²) >= 11 is 13.6. The lowest BCUT2D eigenvalue weighted by Gasteiger charge is -2.00. The molecule has 3 nitrogen and oxygen atoms in total. The summed E-state index contributed by atoms with van der Waals surface area (Å²) in [6.45, 7) is 0. The third kappa shape index (κ3) is 4.03. The van der Waals surface area contributed by atoms with Crippen LogP contribution in [0.25, 0.3) is 0 Å². The van der Waals surface area contributed by atoms with E-state index in [1.54, 1.807) is 11.8 Å². The minimum Gasteiger partial charge on any atom is -0.262 e. The predicted octanol–water partition coefficient (Wildman–Crippen LogP) is 4.99. The molecule has 0 fully saturated rings. The number of hydrogen-bond donors (Lipinski definition) is 1. The van der Waals surface area contributed by atoms with Crippen LogP contribution < -0.4 is 0 Å². The van der Waals surface area contributed by atoms with Crippen molar-refractivity contribution < 1.29 is 0 Å². The second kappa shape index (κ2) is 7.18. The smallest absolute Gasteiger partial charge is 0.208 e. The first-order chi connectivity index (χ1) is 10.7. The molecule has 0 saturated heterocycles. The molecule has 112 valence electrons. The normalized spacial score (nSPS) is 10.8. The van der Waals surface area contributed by atoms with Crippen LogP contribution in [0.4, 0.5) is 0 Å². The number of halogens is 2. The summed E-state index contributed by atoms with van der Waals surface area (Å²) in [5.74, 6) is 1.58. The van der Waals surface area contributed by atoms with E-state index in [2.05, 4.69) is 15.2 Å². The van der Waals surface area contributed by atoms with Crippen LogP contribution in [0, 0.1) is 0 Å². The SMILES string of the molecule is Clc1ccc(Cc2nc(SCc3ccccc3Cl)n[nH]2)cc1. The van der Waals surface area contributed by atoms with Crippen molar-refractivity contribution >= 4 is 35.0 Å². The Labute approximate surface area is 143 Å². The molecule has 0 bridgehead atoms. The minimum absolute atomic E-state index is 0.705. The Morgan fingerprint density at radius 2 is 1.77 bits per heavy atom. The van der Waals surface area contributed by atoms with E-state index in [0.29, 0.717) is 6.42 Å². The average Bonchev–Trinajstić information content (AvgIpc) is 2.96. The average molecular weight is 350 g/mol. The van der Waals surface area contributed by atoms with Crippen LogP contribution in [0.3, 0.4) is 0 Å². The van der Waals surface area contributed by atoms with Crippen molar-refractivity contribution in [1.29, 1.82) is 0 Å². The van der Waals surface area contributed by atoms with Gasteiger partial charge in [0.25, 0.3) is 0 Å². The Bertz CT molecular complexity index is 756. The van der Waals surface area contributed by atoms with Crippen molar-refractivity contribution in [2.24, 2.45) is 0 Å². The van der Waals surface area contributed by atoms with Crippen LogP contribution in [0.2, 0.25) is 10.0 Å². The molecule has 1 heterocycles. The molecule has 1 N–H and O–H groups in total. The molecule has 0 aliphatic heterocycles. The summed E-state index contributed by atoms with van der Waals surface area (Å²) in [4.78, 5) is 4.49. The molecule has 0 unspecified atom stereocenters. The number of aromatic nitrogens is 3. The van der Waals surface area contributed by atoms with Crippen molar-refractivity contribution in [1.82, 2.24) is 15.2 Å². The maximum atomic E-state index is 6.14. The summed E-state index contributed by atoms with van der Waals surface area (Å²) in [5.41, 5.74) is 2.22. The van der Waals surface area contributed by atoms with Gasteiger partial charge in [-0.05, 0) is 29.3 Å². The van der Waals surface area contributed by atoms with Gasteiger partial charge in [0.15, 0.2) is 0 Å². The molecule has 22 heavy (non-hydrogen) atoms. The Hall–Kier alpha value is -1.49. The number of nitrogens with zero attached hydrogens (tertiary/aromatic N) is 2. The summed E-state index contributed by atoms with van der Waals surface area (Å²) in [7, 11) is 0. The first-order valence-corrected chi connectivity index (χ1v) is 8.47. The fraction of sp³-hybridized carbons (Fsp3) is 0.125. The Morgan fingerprint density at radius 3 is 2.55 bits per heavy atom. The van der Waals surface area contributed by atoms with Crippen LogP contribution in [0.15, 0.2) is 53.7 Å². The molecule has 3 aromatic rings. The number of H-pyrrole nitrogens is 1. The second-order valence-electron chi connectivity index (χ2n) is 4.75. The summed E-state index contributed by atoms with van der Waals surface area (Å²) in [5, 5.41) is 9.43. The van der Waals surface area contributed by atoms with Gasteiger partial charge in [0.1, 0.15) is 5.82 Å². The van der Waals surface area contributed by atoms with Gasteiger partial charge in [-0.15, -0.1) is 5.10 Å². The maximum Gasteiger partial charge on any atom is 0.208 e. The van der Waals surface area contributed by atoms with E-state index in [0.717, 1.165) is 37.9 Å². The highest BCUT2D eigenvalue weighted by molar-refractivity contribution is 7.98. The molecule has 1 aromatic heterocycles. The quantitative estimate of drug-likeness (QED) is 0.659. The fourth-order valence-electron chi connectivity index (χ4n) is 1.97. The van der Waals surface area contributed by atoms with E-state index >= 15 is 0 Å². The monoisotopic (exact) mass is 349 g/mol. The third-order valence-corrected chi connectivity index (χ3v) is 4.63. The summed E-state index contributed by atoms with van der Waals surface area (Å²) < 4.78 is 0. The van der Waals surface area contributed by atoms with Gasteiger partial charge < -0.3 is 0 Å². The van der Waals surface area contributed by atoms with E-state index in [1.807, 2.05) is 48.5 Å². The number of benzene rings is 2. The first kappa shape index (κ1) is 15.4. The number of aromatic amines is 1. The summed E-state index contributed by atoms with van der Waals surface area (Å²) in [6, 6.07) is 15.5. The zero-order valence-corrected chi connectivity index (χ0v) is 13.9. The van der Waals surface area contributed by atoms with Crippen LogP contribution in [-0.4, -0.2) is 15.2 Å². The molecular formula is C16H13Cl2N3S. The van der Waals surface area contributed by atoms with E-state index in [-0.39, 0.29) is 0 Å². The van der Waals surface area contributed by atoms with Gasteiger partial charge in [-0.3, -0.25) is 5.10 Å². The molecule has 0 radical (unpaired) electrons. The van der Waals surface area contributed by atoms with Gasteiger partial charge >= 0.3 is 0 Å². The number of nitrogens with one attached hydrogen (secondary N) is 1. The zero-order valence-electron chi connectivity index (χ0n) is 11.6. The Morgan fingerprint density at radius 1 is 1.00 bits per heavy atom. The highest BCUT2D eigenvalue weighted by Crippen LogP contribution is 2.24. The van der Waals surface area contributed by atoms with Crippen molar-refractivity contribution in [2.45, 2.75) is 17.3 Å². The van der Waals surface area contributed by atoms with Crippen molar-refractivity contribution in [2.75, 3.05) is 0 Å². The topological polar surface area (TPSA) is 41.6 Å². The maximum absolute atomic E-state index is 6.14. The van der Waals surface area contributed by atoms with Crippen molar-refractivity contribution in [3.63, 3.8) is 0 Å². The highest BCUT2D eigenvalue weighted by atomic mass is 35.5. The predicted molar refractivity (Wildman–Crippen MR) is 91.7 cm³/mol. The Kier molecular flexibility index (Phi) is 5.03. The van der Waals surface area contributed by atoms with Crippen molar-refractivity contribution in [3.8, 4) is 0 Å². The van der Waals surface area contributed by atoms with Crippen LogP contribution in [0.5, 0.6) is 0 Å². The van der Waals surface area contributed by atoms with Crippen LogP contribution in [-0.2, 0) is 12.2 Å². The largest absolute Gasteiger partial charge is 0.262 e. The van der Waals surface area contributed by atoms with Gasteiger partial charge in [-0.2, -0.15) is 0 Å². The first-order valence-electron chi connectivity index (χ1n) is 6.72. The molecule has 0 aliphatic rings. The van der Waals surface area contributed by atoms with E-state index in [9.17, 15) is 0 Å². The van der Waals surface area contributed by atoms with E-state index in [1.165, 1.54) is 0 Å². The molecule has 6 heteroatoms. The minimum atomic E-state index is 0.705. The highest BCUT2D eigenvalue weighted by Gasteiger charge is 2.07. The van der Waals surface area contributed by atoms with Gasteiger partial charge in [0.05, 0.1) is 0 Å². The molecule has 0 aliphatic carbocycles. The van der Waals surface area contributed by atoms with Gasteiger partial charge in [-0.25, -0.2) is 4.98 Å². The van der Waals surface area contributed by atoms with Crippen molar-refractivity contribution in [3.05, 3.63) is 75.5 Å². The van der Waals surface area contributed by atoms with Gasteiger partial charge in [0.2, 0.25) is 5.16 Å². The standard InChI is InChI=1S/C16H13Cl2N3S/c17-13-7-5-11(6-8-13)9-15-19-16(21-20-15)22-10-12-3-1-2-4-14(12)18/h1-8H,9-10H2,(H,19,20,21). The lowest BCUT2D eigenvalue weighted by atomic mass is 10.1. The Balaban J connectivity index is 1.61. The number of rotatable bonds is 5. The lowest BCUT2D eigenvalue weighted by molar-refractivity contribution is 0.956. The molecule has 3 rings (SSSR count). The fourth-order valence-corrected chi connectivity index (χ4v) is 3.20. The molecule has 0 atom stereocenters. The van der Waals surface area contributed by atoms with Gasteiger partial charge in [0, 0.05) is 22.2 Å². The van der Waals surface area contributed by atoms with E-state index < -0.39 is 0 Å². The zero-order chi connectivity index (χ0) is 15.4. The molecule has 0 spiro atoms. The second-order valence-corrected chi connectivity index (χ2v) is 6.53.